The predicted octanol–water partition coefficient (Wildman–Crippen LogP) is 4.13. The van der Waals surface area contributed by atoms with E-state index >= 15 is 0 Å². The number of amides is 1. The Labute approximate surface area is 115 Å². The first-order valence-electron chi connectivity index (χ1n) is 5.19. The molecule has 17 heavy (non-hydrogen) atoms. The Morgan fingerprint density at radius 2 is 2.12 bits per heavy atom. The molecule has 0 atom stereocenters. The van der Waals surface area contributed by atoms with E-state index in [1.165, 1.54) is 0 Å². The van der Waals surface area contributed by atoms with E-state index in [0.717, 1.165) is 10.0 Å². The number of hydrogen-bond donors (Lipinski definition) is 1. The number of carbonyl (C=O) groups excluding carboxylic acids is 1. The summed E-state index contributed by atoms with van der Waals surface area (Å²) in [5, 5.41) is 3.31. The highest BCUT2D eigenvalue weighted by Gasteiger charge is 2.15. The van der Waals surface area contributed by atoms with Crippen LogP contribution in [0, 0.1) is 0 Å². The molecule has 1 amide bonds. The van der Waals surface area contributed by atoms with Gasteiger partial charge in [0.2, 0.25) is 0 Å². The van der Waals surface area contributed by atoms with Crippen molar-refractivity contribution in [3.8, 4) is 0 Å². The predicted molar refractivity (Wildman–Crippen MR) is 72.2 cm³/mol. The first kappa shape index (κ1) is 14.3. The van der Waals surface area contributed by atoms with Crippen molar-refractivity contribution in [1.29, 1.82) is 0 Å². The van der Waals surface area contributed by atoms with Crippen molar-refractivity contribution in [1.82, 2.24) is 5.32 Å². The van der Waals surface area contributed by atoms with Gasteiger partial charge in [-0.25, -0.2) is 4.79 Å². The van der Waals surface area contributed by atoms with Gasteiger partial charge < -0.3 is 10.1 Å². The average molecular weight is 321 g/mol. The maximum Gasteiger partial charge on any atom is 0.407 e. The van der Waals surface area contributed by atoms with Crippen LogP contribution in [-0.4, -0.2) is 11.7 Å². The van der Waals surface area contributed by atoms with E-state index in [-0.39, 0.29) is 0 Å². The number of alkyl carbamates (subject to hydrolysis) is 1. The normalized spacial score (nSPS) is 11.1. The maximum atomic E-state index is 11.4. The van der Waals surface area contributed by atoms with Crippen LogP contribution in [0.25, 0.3) is 0 Å². The van der Waals surface area contributed by atoms with Gasteiger partial charge in [0.25, 0.3) is 0 Å². The Morgan fingerprint density at radius 3 is 2.71 bits per heavy atom. The molecule has 94 valence electrons. The Hall–Kier alpha value is -0.740. The first-order chi connectivity index (χ1) is 7.78. The molecule has 0 aromatic heterocycles. The molecule has 1 N–H and O–H groups in total. The van der Waals surface area contributed by atoms with Crippen molar-refractivity contribution in [2.45, 2.75) is 32.9 Å². The number of benzene rings is 1. The van der Waals surface area contributed by atoms with Crippen molar-refractivity contribution < 1.29 is 9.53 Å². The molecule has 0 aliphatic rings. The zero-order valence-corrected chi connectivity index (χ0v) is 12.4. The van der Waals surface area contributed by atoms with Crippen molar-refractivity contribution in [3.63, 3.8) is 0 Å². The smallest absolute Gasteiger partial charge is 0.407 e. The fourth-order valence-corrected chi connectivity index (χ4v) is 1.74. The van der Waals surface area contributed by atoms with Gasteiger partial charge in [0, 0.05) is 16.0 Å². The number of nitrogens with one attached hydrogen (secondary N) is 1. The topological polar surface area (TPSA) is 38.3 Å². The summed E-state index contributed by atoms with van der Waals surface area (Å²) < 4.78 is 6.03. The number of rotatable bonds is 2. The standard InChI is InChI=1S/C12H15BrClNO2/c1-12(2,3)17-11(16)15-7-8-6-9(14)4-5-10(8)13/h4-6H,7H2,1-3H3,(H,15,16). The van der Waals surface area contributed by atoms with Crippen molar-refractivity contribution in [3.05, 3.63) is 33.3 Å². The molecule has 5 heteroatoms. The van der Waals surface area contributed by atoms with Crippen LogP contribution in [0.5, 0.6) is 0 Å². The van der Waals surface area contributed by atoms with Gasteiger partial charge in [0.15, 0.2) is 0 Å². The minimum Gasteiger partial charge on any atom is -0.444 e. The van der Waals surface area contributed by atoms with Gasteiger partial charge in [-0.15, -0.1) is 0 Å². The Morgan fingerprint density at radius 1 is 1.47 bits per heavy atom. The molecule has 0 saturated heterocycles. The second kappa shape index (κ2) is 5.74. The highest BCUT2D eigenvalue weighted by atomic mass is 79.9. The quantitative estimate of drug-likeness (QED) is 0.890. The number of ether oxygens (including phenoxy) is 1. The Balaban J connectivity index is 2.56. The zero-order chi connectivity index (χ0) is 13.1. The van der Waals surface area contributed by atoms with Crippen molar-refractivity contribution in [2.24, 2.45) is 0 Å². The summed E-state index contributed by atoms with van der Waals surface area (Å²) in [4.78, 5) is 11.4. The lowest BCUT2D eigenvalue weighted by atomic mass is 10.2. The van der Waals surface area contributed by atoms with Crippen LogP contribution in [0.4, 0.5) is 4.79 Å². The van der Waals surface area contributed by atoms with E-state index < -0.39 is 11.7 Å². The van der Waals surface area contributed by atoms with Crippen LogP contribution >= 0.6 is 27.5 Å². The molecule has 1 aromatic rings. The first-order valence-corrected chi connectivity index (χ1v) is 6.36. The summed E-state index contributed by atoms with van der Waals surface area (Å²) in [5.41, 5.74) is 0.415. The largest absolute Gasteiger partial charge is 0.444 e. The maximum absolute atomic E-state index is 11.4. The van der Waals surface area contributed by atoms with Crippen molar-refractivity contribution in [2.75, 3.05) is 0 Å². The minimum absolute atomic E-state index is 0.371. The van der Waals surface area contributed by atoms with E-state index in [0.29, 0.717) is 11.6 Å². The molecule has 1 rings (SSSR count). The summed E-state index contributed by atoms with van der Waals surface area (Å²) in [7, 11) is 0. The van der Waals surface area contributed by atoms with Gasteiger partial charge in [0.1, 0.15) is 5.60 Å². The number of carbonyl (C=O) groups is 1. The monoisotopic (exact) mass is 319 g/mol. The Kier molecular flexibility index (Phi) is 4.83. The van der Waals surface area contributed by atoms with E-state index in [1.54, 1.807) is 12.1 Å². The molecule has 0 saturated carbocycles. The minimum atomic E-state index is -0.490. The molecule has 3 nitrogen and oxygen atoms in total. The molecule has 0 aliphatic heterocycles. The molecule has 1 aromatic carbocycles. The van der Waals surface area contributed by atoms with Crippen LogP contribution in [0.1, 0.15) is 26.3 Å². The lowest BCUT2D eigenvalue weighted by molar-refractivity contribution is 0.0523. The summed E-state index contributed by atoms with van der Waals surface area (Å²) in [6.07, 6.45) is -0.440. The van der Waals surface area contributed by atoms with Gasteiger partial charge in [-0.1, -0.05) is 27.5 Å². The van der Waals surface area contributed by atoms with E-state index in [4.69, 9.17) is 16.3 Å². The van der Waals surface area contributed by atoms with Gasteiger partial charge >= 0.3 is 6.09 Å². The molecule has 0 fully saturated rings. The molecule has 0 aliphatic carbocycles. The average Bonchev–Trinajstić information content (AvgIpc) is 2.17. The lowest BCUT2D eigenvalue weighted by Gasteiger charge is -2.19. The number of hydrogen-bond acceptors (Lipinski definition) is 2. The summed E-state index contributed by atoms with van der Waals surface area (Å²) in [6, 6.07) is 5.42. The van der Waals surface area contributed by atoms with Crippen LogP contribution in [-0.2, 0) is 11.3 Å². The molecule has 0 radical (unpaired) electrons. The molecular formula is C12H15BrClNO2. The second-order valence-electron chi connectivity index (χ2n) is 4.59. The molecular weight excluding hydrogens is 305 g/mol. The fraction of sp³-hybridized carbons (Fsp3) is 0.417. The second-order valence-corrected chi connectivity index (χ2v) is 5.88. The van der Waals surface area contributed by atoms with Crippen LogP contribution in [0.3, 0.4) is 0 Å². The zero-order valence-electron chi connectivity index (χ0n) is 10.0. The highest BCUT2D eigenvalue weighted by molar-refractivity contribution is 9.10. The van der Waals surface area contributed by atoms with Crippen LogP contribution in [0.15, 0.2) is 22.7 Å². The van der Waals surface area contributed by atoms with Crippen molar-refractivity contribution >= 4 is 33.6 Å². The summed E-state index contributed by atoms with van der Waals surface area (Å²) >= 11 is 9.27. The third-order valence-corrected chi connectivity index (χ3v) is 2.84. The highest BCUT2D eigenvalue weighted by Crippen LogP contribution is 2.21. The lowest BCUT2D eigenvalue weighted by Crippen LogP contribution is -2.32. The third kappa shape index (κ3) is 5.41. The molecule has 0 bridgehead atoms. The van der Waals surface area contributed by atoms with E-state index in [9.17, 15) is 4.79 Å². The van der Waals surface area contributed by atoms with Gasteiger partial charge in [-0.05, 0) is 44.5 Å². The van der Waals surface area contributed by atoms with Gasteiger partial charge in [-0.2, -0.15) is 0 Å². The number of halogens is 2. The van der Waals surface area contributed by atoms with E-state index in [2.05, 4.69) is 21.2 Å². The molecule has 0 heterocycles. The molecule has 0 unspecified atom stereocenters. The third-order valence-electron chi connectivity index (χ3n) is 1.83. The van der Waals surface area contributed by atoms with Gasteiger partial charge in [0.05, 0.1) is 0 Å². The summed E-state index contributed by atoms with van der Waals surface area (Å²) in [6.45, 7) is 5.84. The van der Waals surface area contributed by atoms with Crippen LogP contribution < -0.4 is 5.32 Å². The SMILES string of the molecule is CC(C)(C)OC(=O)NCc1cc(Cl)ccc1Br. The summed E-state index contributed by atoms with van der Waals surface area (Å²) in [5.74, 6) is 0. The van der Waals surface area contributed by atoms with E-state index in [1.807, 2.05) is 26.8 Å². The van der Waals surface area contributed by atoms with Crippen LogP contribution in [0.2, 0.25) is 5.02 Å². The fourth-order valence-electron chi connectivity index (χ4n) is 1.16. The Bertz CT molecular complexity index is 415. The molecule has 0 spiro atoms. The van der Waals surface area contributed by atoms with Gasteiger partial charge in [-0.3, -0.25) is 0 Å².